The summed E-state index contributed by atoms with van der Waals surface area (Å²) in [6, 6.07) is 8.00. The third kappa shape index (κ3) is 6.31. The molecule has 2 aromatic rings. The summed E-state index contributed by atoms with van der Waals surface area (Å²) in [4.78, 5) is 27.4. The lowest BCUT2D eigenvalue weighted by Gasteiger charge is -2.27. The normalized spacial score (nSPS) is 16.9. The van der Waals surface area contributed by atoms with Gasteiger partial charge in [-0.25, -0.2) is 14.8 Å². The smallest absolute Gasteiger partial charge is 0.317 e. The fourth-order valence-electron chi connectivity index (χ4n) is 3.95. The minimum absolute atomic E-state index is 0.0103. The third-order valence-electron chi connectivity index (χ3n) is 6.13. The van der Waals surface area contributed by atoms with E-state index in [1.54, 1.807) is 19.5 Å². The Morgan fingerprint density at radius 1 is 1.33 bits per heavy atom. The Morgan fingerprint density at radius 2 is 2.12 bits per heavy atom. The Bertz CT molecular complexity index is 1040. The van der Waals surface area contributed by atoms with E-state index in [4.69, 9.17) is 5.73 Å². The second-order valence-electron chi connectivity index (χ2n) is 9.50. The molecule has 1 atom stereocenters. The number of nitrogens with one attached hydrogen (secondary N) is 2. The van der Waals surface area contributed by atoms with Crippen molar-refractivity contribution in [3.63, 3.8) is 0 Å². The lowest BCUT2D eigenvalue weighted by molar-refractivity contribution is 0.196. The predicted molar refractivity (Wildman–Crippen MR) is 134 cm³/mol. The zero-order chi connectivity index (χ0) is 24.0. The second kappa shape index (κ2) is 10.5. The van der Waals surface area contributed by atoms with Crippen molar-refractivity contribution in [3.8, 4) is 11.3 Å². The third-order valence-corrected chi connectivity index (χ3v) is 6.13. The first kappa shape index (κ1) is 24.2. The summed E-state index contributed by atoms with van der Waals surface area (Å²) in [7, 11) is 1.67. The van der Waals surface area contributed by atoms with Gasteiger partial charge in [-0.2, -0.15) is 0 Å². The number of rotatable bonds is 6. The molecule has 1 aliphatic heterocycles. The van der Waals surface area contributed by atoms with Crippen LogP contribution in [0.15, 0.2) is 47.4 Å². The molecular weight excluding hydrogens is 414 g/mol. The first-order valence-electron chi connectivity index (χ1n) is 11.3. The molecular formula is C25H35N7O. The molecule has 1 unspecified atom stereocenters. The van der Waals surface area contributed by atoms with Gasteiger partial charge in [0.25, 0.3) is 0 Å². The van der Waals surface area contributed by atoms with Crippen LogP contribution in [0.5, 0.6) is 0 Å². The number of anilines is 1. The van der Waals surface area contributed by atoms with Crippen molar-refractivity contribution in [1.29, 1.82) is 0 Å². The monoisotopic (exact) mass is 449 g/mol. The van der Waals surface area contributed by atoms with Crippen LogP contribution in [0.2, 0.25) is 0 Å². The number of urea groups is 1. The SMILES string of the molecule is CN=CC(=CN)Nc1nccc(-c2ccc(CNC(=O)N3CCC(C(C)(C)C)C3)c(C)c2)n1. The van der Waals surface area contributed by atoms with Gasteiger partial charge in [-0.3, -0.25) is 4.99 Å². The number of hydrogen-bond acceptors (Lipinski definition) is 6. The average Bonchev–Trinajstić information content (AvgIpc) is 3.29. The maximum Gasteiger partial charge on any atom is 0.317 e. The molecule has 8 nitrogen and oxygen atoms in total. The highest BCUT2D eigenvalue weighted by Crippen LogP contribution is 2.33. The zero-order valence-corrected chi connectivity index (χ0v) is 20.2. The van der Waals surface area contributed by atoms with Gasteiger partial charge in [0.2, 0.25) is 5.95 Å². The Hall–Kier alpha value is -3.42. The summed E-state index contributed by atoms with van der Waals surface area (Å²) in [5.74, 6) is 0.986. The number of allylic oxidation sites excluding steroid dienone is 1. The molecule has 1 aromatic carbocycles. The summed E-state index contributed by atoms with van der Waals surface area (Å²) in [6.45, 7) is 10.9. The molecule has 1 aromatic heterocycles. The number of likely N-dealkylation sites (tertiary alicyclic amines) is 1. The summed E-state index contributed by atoms with van der Waals surface area (Å²) in [5.41, 5.74) is 10.4. The molecule has 1 aliphatic rings. The van der Waals surface area contributed by atoms with Crippen LogP contribution in [0.1, 0.15) is 38.3 Å². The van der Waals surface area contributed by atoms with Crippen LogP contribution < -0.4 is 16.4 Å². The highest BCUT2D eigenvalue weighted by molar-refractivity contribution is 5.82. The van der Waals surface area contributed by atoms with Crippen LogP contribution in [0, 0.1) is 18.3 Å². The Morgan fingerprint density at radius 3 is 2.76 bits per heavy atom. The molecule has 2 heterocycles. The van der Waals surface area contributed by atoms with Gasteiger partial charge in [0, 0.05) is 50.9 Å². The maximum atomic E-state index is 12.7. The molecule has 8 heteroatoms. The van der Waals surface area contributed by atoms with Crippen molar-refractivity contribution >= 4 is 18.2 Å². The predicted octanol–water partition coefficient (Wildman–Crippen LogP) is 3.94. The highest BCUT2D eigenvalue weighted by atomic mass is 16.2. The molecule has 4 N–H and O–H groups in total. The fraction of sp³-hybridized carbons (Fsp3) is 0.440. The number of aliphatic imine (C=N–C) groups is 1. The second-order valence-corrected chi connectivity index (χ2v) is 9.50. The van der Waals surface area contributed by atoms with E-state index >= 15 is 0 Å². The average molecular weight is 450 g/mol. The van der Waals surface area contributed by atoms with E-state index in [-0.39, 0.29) is 11.4 Å². The zero-order valence-electron chi connectivity index (χ0n) is 20.2. The fourth-order valence-corrected chi connectivity index (χ4v) is 3.95. The van der Waals surface area contributed by atoms with Crippen molar-refractivity contribution in [2.45, 2.75) is 40.7 Å². The number of nitrogens with zero attached hydrogens (tertiary/aromatic N) is 4. The molecule has 0 radical (unpaired) electrons. The summed E-state index contributed by atoms with van der Waals surface area (Å²) >= 11 is 0. The van der Waals surface area contributed by atoms with Gasteiger partial charge in [-0.05, 0) is 47.9 Å². The van der Waals surface area contributed by atoms with Gasteiger partial charge in [0.15, 0.2) is 0 Å². The number of nitrogens with two attached hydrogens (primary N) is 1. The van der Waals surface area contributed by atoms with Gasteiger partial charge in [-0.15, -0.1) is 0 Å². The minimum atomic E-state index is 0.0103. The number of hydrogen-bond donors (Lipinski definition) is 3. The molecule has 0 spiro atoms. The number of aryl methyl sites for hydroxylation is 1. The van der Waals surface area contributed by atoms with E-state index < -0.39 is 0 Å². The van der Waals surface area contributed by atoms with E-state index in [1.165, 1.54) is 6.20 Å². The molecule has 1 fully saturated rings. The van der Waals surface area contributed by atoms with Crippen molar-refractivity contribution in [2.24, 2.45) is 22.1 Å². The van der Waals surface area contributed by atoms with Gasteiger partial charge in [0.1, 0.15) is 0 Å². The lowest BCUT2D eigenvalue weighted by Crippen LogP contribution is -2.39. The van der Waals surface area contributed by atoms with Gasteiger partial charge < -0.3 is 21.3 Å². The molecule has 1 saturated heterocycles. The van der Waals surface area contributed by atoms with Crippen LogP contribution in [-0.2, 0) is 6.54 Å². The molecule has 2 amide bonds. The van der Waals surface area contributed by atoms with E-state index in [9.17, 15) is 4.79 Å². The van der Waals surface area contributed by atoms with Gasteiger partial charge in [-0.1, -0.05) is 32.9 Å². The Kier molecular flexibility index (Phi) is 7.68. The van der Waals surface area contributed by atoms with Crippen LogP contribution in [0.3, 0.4) is 0 Å². The molecule has 33 heavy (non-hydrogen) atoms. The number of benzene rings is 1. The molecule has 0 aliphatic carbocycles. The van der Waals surface area contributed by atoms with Crippen LogP contribution in [0.25, 0.3) is 11.3 Å². The van der Waals surface area contributed by atoms with Gasteiger partial charge >= 0.3 is 6.03 Å². The molecule has 0 saturated carbocycles. The minimum Gasteiger partial charge on any atom is -0.403 e. The van der Waals surface area contributed by atoms with Crippen LogP contribution in [-0.4, -0.2) is 47.3 Å². The van der Waals surface area contributed by atoms with Crippen LogP contribution >= 0.6 is 0 Å². The van der Waals surface area contributed by atoms with Crippen LogP contribution in [0.4, 0.5) is 10.7 Å². The maximum absolute atomic E-state index is 12.7. The van der Waals surface area contributed by atoms with Crippen molar-refractivity contribution in [3.05, 3.63) is 53.5 Å². The van der Waals surface area contributed by atoms with E-state index in [0.29, 0.717) is 24.1 Å². The first-order valence-corrected chi connectivity index (χ1v) is 11.3. The quantitative estimate of drug-likeness (QED) is 0.579. The van der Waals surface area contributed by atoms with Crippen molar-refractivity contribution in [1.82, 2.24) is 20.2 Å². The van der Waals surface area contributed by atoms with E-state index in [0.717, 1.165) is 41.9 Å². The van der Waals surface area contributed by atoms with Gasteiger partial charge in [0.05, 0.1) is 11.4 Å². The topological polar surface area (TPSA) is 109 Å². The first-order chi connectivity index (χ1) is 15.7. The molecule has 176 valence electrons. The van der Waals surface area contributed by atoms with E-state index in [2.05, 4.69) is 52.4 Å². The summed E-state index contributed by atoms with van der Waals surface area (Å²) in [6.07, 6.45) is 5.79. The van der Waals surface area contributed by atoms with Crippen molar-refractivity contribution in [2.75, 3.05) is 25.5 Å². The largest absolute Gasteiger partial charge is 0.403 e. The summed E-state index contributed by atoms with van der Waals surface area (Å²) in [5, 5.41) is 6.13. The Labute approximate surface area is 196 Å². The lowest BCUT2D eigenvalue weighted by atomic mass is 9.80. The number of aromatic nitrogens is 2. The standard InChI is InChI=1S/C25H35N7O/c1-17-12-18(22-8-10-28-23(31-22)30-21(13-26)15-27-5)6-7-19(17)14-29-24(33)32-11-9-20(16-32)25(2,3)4/h6-8,10,12-13,15,20H,9,11,14,16,26H2,1-5H3,(H,29,33)(H,28,30,31). The number of carbonyl (C=O) groups is 1. The molecule has 0 bridgehead atoms. The summed E-state index contributed by atoms with van der Waals surface area (Å²) < 4.78 is 0. The highest BCUT2D eigenvalue weighted by Gasteiger charge is 2.33. The van der Waals surface area contributed by atoms with Crippen molar-refractivity contribution < 1.29 is 4.79 Å². The number of carbonyl (C=O) groups excluding carboxylic acids is 1. The molecule has 3 rings (SSSR count). The number of amides is 2. The van der Waals surface area contributed by atoms with E-state index in [1.807, 2.05) is 30.0 Å². The Balaban J connectivity index is 1.64.